The third-order valence-corrected chi connectivity index (χ3v) is 2.45. The van der Waals surface area contributed by atoms with E-state index in [2.05, 4.69) is 0 Å². The van der Waals surface area contributed by atoms with Crippen molar-refractivity contribution in [2.75, 3.05) is 6.54 Å². The highest BCUT2D eigenvalue weighted by Crippen LogP contribution is 2.20. The number of fused-ring (bicyclic) bond motifs is 1. The summed E-state index contributed by atoms with van der Waals surface area (Å²) in [5, 5.41) is 1.04. The lowest BCUT2D eigenvalue weighted by Gasteiger charge is -1.96. The van der Waals surface area contributed by atoms with E-state index in [0.717, 1.165) is 22.9 Å². The van der Waals surface area contributed by atoms with Crippen molar-refractivity contribution in [3.05, 3.63) is 36.0 Å². The Morgan fingerprint density at radius 2 is 2.00 bits per heavy atom. The molecule has 0 bridgehead atoms. The molecule has 0 aliphatic heterocycles. The van der Waals surface area contributed by atoms with Gasteiger partial charge in [0.1, 0.15) is 0 Å². The average Bonchev–Trinajstić information content (AvgIpc) is 2.59. The number of hydrogen-bond acceptors (Lipinski definition) is 2. The molecule has 5 heteroatoms. The summed E-state index contributed by atoms with van der Waals surface area (Å²) in [6.07, 6.45) is 2.51. The van der Waals surface area contributed by atoms with Crippen LogP contribution in [0.25, 0.3) is 10.9 Å². The number of nitrogens with zero attached hydrogens (tertiary/aromatic N) is 1. The van der Waals surface area contributed by atoms with Gasteiger partial charge in [0.15, 0.2) is 0 Å². The van der Waals surface area contributed by atoms with Crippen LogP contribution in [0.1, 0.15) is 5.56 Å². The van der Waals surface area contributed by atoms with Crippen molar-refractivity contribution in [3.63, 3.8) is 0 Å². The van der Waals surface area contributed by atoms with Gasteiger partial charge in [0.2, 0.25) is 0 Å². The molecule has 0 radical (unpaired) electrons. The van der Waals surface area contributed by atoms with Gasteiger partial charge in [-0.05, 0) is 24.6 Å². The second kappa shape index (κ2) is 5.01. The molecule has 0 aliphatic rings. The summed E-state index contributed by atoms with van der Waals surface area (Å²) in [5.74, 6) is 0. The van der Waals surface area contributed by atoms with Crippen LogP contribution < -0.4 is 11.5 Å². The molecule has 1 amide bonds. The number of aromatic nitrogens is 1. The molecule has 16 heavy (non-hydrogen) atoms. The lowest BCUT2D eigenvalue weighted by molar-refractivity contribution is 0.251. The van der Waals surface area contributed by atoms with Gasteiger partial charge in [-0.15, -0.1) is 12.4 Å². The number of para-hydroxylation sites is 1. The summed E-state index contributed by atoms with van der Waals surface area (Å²) in [5.41, 5.74) is 12.7. The molecule has 2 rings (SSSR count). The van der Waals surface area contributed by atoms with Crippen LogP contribution in [0.15, 0.2) is 30.5 Å². The zero-order valence-electron chi connectivity index (χ0n) is 8.72. The van der Waals surface area contributed by atoms with Gasteiger partial charge in [-0.1, -0.05) is 18.2 Å². The fourth-order valence-corrected chi connectivity index (χ4v) is 1.79. The molecule has 1 aromatic carbocycles. The Morgan fingerprint density at radius 3 is 2.62 bits per heavy atom. The lowest BCUT2D eigenvalue weighted by Crippen LogP contribution is -2.18. The minimum absolute atomic E-state index is 0. The highest BCUT2D eigenvalue weighted by atomic mass is 35.5. The lowest BCUT2D eigenvalue weighted by atomic mass is 10.1. The van der Waals surface area contributed by atoms with E-state index < -0.39 is 6.03 Å². The number of amides is 1. The summed E-state index contributed by atoms with van der Waals surface area (Å²) < 4.78 is 1.46. The topological polar surface area (TPSA) is 74.0 Å². The summed E-state index contributed by atoms with van der Waals surface area (Å²) in [7, 11) is 0. The predicted octanol–water partition coefficient (Wildman–Crippen LogP) is 1.49. The minimum atomic E-state index is -0.463. The van der Waals surface area contributed by atoms with Gasteiger partial charge >= 0.3 is 6.03 Å². The van der Waals surface area contributed by atoms with E-state index in [1.54, 1.807) is 6.20 Å². The van der Waals surface area contributed by atoms with Crippen molar-refractivity contribution < 1.29 is 4.79 Å². The number of rotatable bonds is 2. The van der Waals surface area contributed by atoms with Crippen molar-refractivity contribution in [2.24, 2.45) is 11.5 Å². The Bertz CT molecular complexity index is 507. The molecule has 0 spiro atoms. The maximum Gasteiger partial charge on any atom is 0.323 e. The highest BCUT2D eigenvalue weighted by molar-refractivity contribution is 5.93. The molecule has 4 nitrogen and oxygen atoms in total. The highest BCUT2D eigenvalue weighted by Gasteiger charge is 2.09. The van der Waals surface area contributed by atoms with Crippen LogP contribution in [0, 0.1) is 0 Å². The van der Waals surface area contributed by atoms with Gasteiger partial charge in [-0.25, -0.2) is 4.79 Å². The molecule has 0 atom stereocenters. The fraction of sp³-hybridized carbons (Fsp3) is 0.182. The Kier molecular flexibility index (Phi) is 3.93. The van der Waals surface area contributed by atoms with E-state index in [4.69, 9.17) is 11.5 Å². The molecule has 2 aromatic rings. The second-order valence-electron chi connectivity index (χ2n) is 3.42. The molecule has 1 aromatic heterocycles. The largest absolute Gasteiger partial charge is 0.351 e. The van der Waals surface area contributed by atoms with E-state index in [0.29, 0.717) is 6.54 Å². The average molecular weight is 240 g/mol. The molecule has 0 aliphatic carbocycles. The number of halogens is 1. The molecule has 4 N–H and O–H groups in total. The first-order chi connectivity index (χ1) is 7.24. The molecule has 0 fully saturated rings. The normalized spacial score (nSPS) is 10.1. The quantitative estimate of drug-likeness (QED) is 0.833. The van der Waals surface area contributed by atoms with Crippen LogP contribution in [-0.4, -0.2) is 17.1 Å². The van der Waals surface area contributed by atoms with E-state index in [1.807, 2.05) is 24.3 Å². The van der Waals surface area contributed by atoms with Crippen molar-refractivity contribution in [3.8, 4) is 0 Å². The smallest absolute Gasteiger partial charge is 0.323 e. The number of hydrogen-bond donors (Lipinski definition) is 2. The Labute approximate surface area is 99.6 Å². The first-order valence-electron chi connectivity index (χ1n) is 4.83. The van der Waals surface area contributed by atoms with E-state index in [1.165, 1.54) is 4.57 Å². The van der Waals surface area contributed by atoms with Gasteiger partial charge in [0, 0.05) is 11.6 Å². The number of benzene rings is 1. The van der Waals surface area contributed by atoms with Gasteiger partial charge < -0.3 is 11.5 Å². The Morgan fingerprint density at radius 1 is 1.31 bits per heavy atom. The van der Waals surface area contributed by atoms with Crippen LogP contribution in [0.2, 0.25) is 0 Å². The molecule has 86 valence electrons. The molecule has 1 heterocycles. The van der Waals surface area contributed by atoms with Crippen molar-refractivity contribution in [1.82, 2.24) is 4.57 Å². The Hall–Kier alpha value is -1.52. The van der Waals surface area contributed by atoms with E-state index in [-0.39, 0.29) is 12.4 Å². The van der Waals surface area contributed by atoms with Crippen molar-refractivity contribution >= 4 is 29.3 Å². The fourth-order valence-electron chi connectivity index (χ4n) is 1.79. The van der Waals surface area contributed by atoms with Crippen molar-refractivity contribution in [1.29, 1.82) is 0 Å². The number of carbonyl (C=O) groups is 1. The van der Waals surface area contributed by atoms with Crippen LogP contribution >= 0.6 is 12.4 Å². The first-order valence-corrected chi connectivity index (χ1v) is 4.83. The van der Waals surface area contributed by atoms with Gasteiger partial charge in [-0.2, -0.15) is 0 Å². The van der Waals surface area contributed by atoms with E-state index in [9.17, 15) is 4.79 Å². The summed E-state index contributed by atoms with van der Waals surface area (Å²) in [6, 6.07) is 7.20. The van der Waals surface area contributed by atoms with Crippen LogP contribution in [0.3, 0.4) is 0 Å². The van der Waals surface area contributed by atoms with Crippen molar-refractivity contribution in [2.45, 2.75) is 6.42 Å². The zero-order chi connectivity index (χ0) is 10.8. The maximum absolute atomic E-state index is 11.2. The molecule has 0 unspecified atom stereocenters. The van der Waals surface area contributed by atoms with Crippen LogP contribution in [-0.2, 0) is 6.42 Å². The second-order valence-corrected chi connectivity index (χ2v) is 3.42. The third kappa shape index (κ3) is 2.03. The standard InChI is InChI=1S/C11H13N3O.ClH/c12-6-5-8-7-14(11(13)15)10-4-2-1-3-9(8)10;/h1-4,7H,5-6,12H2,(H2,13,15);1H. The van der Waals surface area contributed by atoms with E-state index >= 15 is 0 Å². The SMILES string of the molecule is Cl.NCCc1cn(C(N)=O)c2ccccc12. The third-order valence-electron chi connectivity index (χ3n) is 2.45. The molecule has 0 saturated carbocycles. The molecular weight excluding hydrogens is 226 g/mol. The number of nitrogens with two attached hydrogens (primary N) is 2. The van der Waals surface area contributed by atoms with Gasteiger partial charge in [-0.3, -0.25) is 4.57 Å². The number of carbonyl (C=O) groups excluding carboxylic acids is 1. The zero-order valence-corrected chi connectivity index (χ0v) is 9.54. The van der Waals surface area contributed by atoms with Gasteiger partial charge in [0.25, 0.3) is 0 Å². The number of primary amides is 1. The summed E-state index contributed by atoms with van der Waals surface area (Å²) in [4.78, 5) is 11.2. The maximum atomic E-state index is 11.2. The summed E-state index contributed by atoms with van der Waals surface area (Å²) in [6.45, 7) is 0.562. The molecule has 0 saturated heterocycles. The van der Waals surface area contributed by atoms with Crippen LogP contribution in [0.4, 0.5) is 4.79 Å². The molecular formula is C11H14ClN3O. The monoisotopic (exact) mass is 239 g/mol. The minimum Gasteiger partial charge on any atom is -0.351 e. The Balaban J connectivity index is 0.00000128. The van der Waals surface area contributed by atoms with Gasteiger partial charge in [0.05, 0.1) is 5.52 Å². The van der Waals surface area contributed by atoms with Crippen LogP contribution in [0.5, 0.6) is 0 Å². The first kappa shape index (κ1) is 12.5. The predicted molar refractivity (Wildman–Crippen MR) is 66.9 cm³/mol. The summed E-state index contributed by atoms with van der Waals surface area (Å²) >= 11 is 0.